The zero-order chi connectivity index (χ0) is 19.0. The molecule has 2 N–H and O–H groups in total. The second-order valence-electron chi connectivity index (χ2n) is 6.04. The summed E-state index contributed by atoms with van der Waals surface area (Å²) in [5.41, 5.74) is 1.52. The molecular formula is C19H24N2O4S. The molecule has 0 saturated carbocycles. The maximum absolute atomic E-state index is 12.3. The van der Waals surface area contributed by atoms with Crippen LogP contribution >= 0.6 is 0 Å². The molecule has 2 rings (SSSR count). The van der Waals surface area contributed by atoms with Gasteiger partial charge in [0.2, 0.25) is 15.9 Å². The molecule has 0 heterocycles. The zero-order valence-corrected chi connectivity index (χ0v) is 15.8. The Kier molecular flexibility index (Phi) is 7.03. The van der Waals surface area contributed by atoms with Crippen molar-refractivity contribution >= 4 is 21.6 Å². The summed E-state index contributed by atoms with van der Waals surface area (Å²) >= 11 is 0. The molecule has 6 nitrogen and oxygen atoms in total. The minimum absolute atomic E-state index is 0.281. The molecule has 0 aliphatic carbocycles. The number of sulfonamides is 1. The summed E-state index contributed by atoms with van der Waals surface area (Å²) in [6.45, 7) is 2.07. The maximum atomic E-state index is 12.3. The van der Waals surface area contributed by atoms with Gasteiger partial charge in [-0.25, -0.2) is 8.42 Å². The van der Waals surface area contributed by atoms with E-state index >= 15 is 0 Å². The van der Waals surface area contributed by atoms with Crippen LogP contribution in [0.5, 0.6) is 5.75 Å². The molecule has 0 bridgehead atoms. The van der Waals surface area contributed by atoms with Gasteiger partial charge in [-0.2, -0.15) is 0 Å². The van der Waals surface area contributed by atoms with Crippen LogP contribution in [-0.4, -0.2) is 33.7 Å². The Hall–Kier alpha value is -2.54. The van der Waals surface area contributed by atoms with E-state index in [-0.39, 0.29) is 11.7 Å². The maximum Gasteiger partial charge on any atom is 0.233 e. The van der Waals surface area contributed by atoms with Crippen LogP contribution in [-0.2, 0) is 21.2 Å². The zero-order valence-electron chi connectivity index (χ0n) is 14.9. The number of anilines is 1. The van der Waals surface area contributed by atoms with Gasteiger partial charge in [0.1, 0.15) is 5.75 Å². The van der Waals surface area contributed by atoms with Crippen LogP contribution < -0.4 is 14.8 Å². The number of amides is 1. The average molecular weight is 376 g/mol. The molecule has 1 unspecified atom stereocenters. The van der Waals surface area contributed by atoms with Gasteiger partial charge in [-0.05, 0) is 24.1 Å². The van der Waals surface area contributed by atoms with E-state index in [1.165, 1.54) is 7.11 Å². The van der Waals surface area contributed by atoms with Crippen LogP contribution in [0.3, 0.4) is 0 Å². The van der Waals surface area contributed by atoms with E-state index in [4.69, 9.17) is 4.74 Å². The molecule has 0 fully saturated rings. The number of hydrogen-bond donors (Lipinski definition) is 2. The molecule has 1 atom stereocenters. The predicted molar refractivity (Wildman–Crippen MR) is 103 cm³/mol. The van der Waals surface area contributed by atoms with E-state index in [2.05, 4.69) is 10.0 Å². The van der Waals surface area contributed by atoms with Gasteiger partial charge in [0.25, 0.3) is 0 Å². The highest BCUT2D eigenvalue weighted by atomic mass is 32.2. The molecule has 1 amide bonds. The first-order valence-electron chi connectivity index (χ1n) is 8.36. The van der Waals surface area contributed by atoms with Gasteiger partial charge in [-0.15, -0.1) is 0 Å². The predicted octanol–water partition coefficient (Wildman–Crippen LogP) is 2.43. The highest BCUT2D eigenvalue weighted by molar-refractivity contribution is 7.92. The Morgan fingerprint density at radius 3 is 2.54 bits per heavy atom. The normalized spacial score (nSPS) is 12.2. The van der Waals surface area contributed by atoms with Crippen molar-refractivity contribution in [3.8, 4) is 5.75 Å². The third-order valence-electron chi connectivity index (χ3n) is 3.82. The van der Waals surface area contributed by atoms with Crippen molar-refractivity contribution in [2.45, 2.75) is 13.3 Å². The van der Waals surface area contributed by atoms with Crippen LogP contribution in [0, 0.1) is 5.92 Å². The van der Waals surface area contributed by atoms with Crippen LogP contribution in [0.1, 0.15) is 12.5 Å². The highest BCUT2D eigenvalue weighted by Gasteiger charge is 2.21. The van der Waals surface area contributed by atoms with Crippen molar-refractivity contribution in [3.05, 3.63) is 60.2 Å². The first-order valence-corrected chi connectivity index (χ1v) is 10.0. The Labute approximate surface area is 154 Å². The molecule has 140 valence electrons. The van der Waals surface area contributed by atoms with E-state index in [1.807, 2.05) is 30.3 Å². The minimum Gasteiger partial charge on any atom is -0.497 e. The van der Waals surface area contributed by atoms with Gasteiger partial charge in [0.15, 0.2) is 0 Å². The average Bonchev–Trinajstić information content (AvgIpc) is 2.61. The van der Waals surface area contributed by atoms with Crippen molar-refractivity contribution < 1.29 is 17.9 Å². The molecule has 0 spiro atoms. The summed E-state index contributed by atoms with van der Waals surface area (Å²) in [4.78, 5) is 12.1. The number of carbonyl (C=O) groups is 1. The van der Waals surface area contributed by atoms with Crippen molar-refractivity contribution in [1.82, 2.24) is 5.32 Å². The molecule has 0 aromatic heterocycles. The Balaban J connectivity index is 1.84. The summed E-state index contributed by atoms with van der Waals surface area (Å²) in [6.07, 6.45) is 0.702. The molecule has 0 radical (unpaired) electrons. The van der Waals surface area contributed by atoms with Crippen molar-refractivity contribution in [2.24, 2.45) is 5.92 Å². The summed E-state index contributed by atoms with van der Waals surface area (Å²) in [5, 5.41) is 2.78. The van der Waals surface area contributed by atoms with Crippen LogP contribution in [0.25, 0.3) is 0 Å². The molecule has 2 aromatic rings. The number of carbonyl (C=O) groups excluding carboxylic acids is 1. The second kappa shape index (κ2) is 9.24. The number of rotatable bonds is 9. The molecule has 0 saturated heterocycles. The lowest BCUT2D eigenvalue weighted by Crippen LogP contribution is -2.35. The first kappa shape index (κ1) is 19.8. The van der Waals surface area contributed by atoms with Gasteiger partial charge >= 0.3 is 0 Å². The van der Waals surface area contributed by atoms with E-state index in [0.717, 1.165) is 5.56 Å². The molecule has 0 aliphatic heterocycles. The van der Waals surface area contributed by atoms with Crippen LogP contribution in [0.4, 0.5) is 5.69 Å². The lowest BCUT2D eigenvalue weighted by Gasteiger charge is -2.14. The minimum atomic E-state index is -3.65. The third kappa shape index (κ3) is 6.40. The summed E-state index contributed by atoms with van der Waals surface area (Å²) in [6, 6.07) is 16.4. The Morgan fingerprint density at radius 2 is 1.85 bits per heavy atom. The fraction of sp³-hybridized carbons (Fsp3) is 0.316. The Morgan fingerprint density at radius 1 is 1.12 bits per heavy atom. The van der Waals surface area contributed by atoms with Crippen LogP contribution in [0.15, 0.2) is 54.6 Å². The van der Waals surface area contributed by atoms with Gasteiger partial charge in [-0.3, -0.25) is 9.52 Å². The standard InChI is InChI=1S/C19H24N2O4S/c1-15(19(22)20-12-11-16-7-4-3-5-8-16)14-26(23,24)21-17-9-6-10-18(13-17)25-2/h3-10,13,15,21H,11-12,14H2,1-2H3,(H,20,22). The third-order valence-corrected chi connectivity index (χ3v) is 5.30. The van der Waals surface area contributed by atoms with Crippen molar-refractivity contribution in [2.75, 3.05) is 24.1 Å². The smallest absolute Gasteiger partial charge is 0.233 e. The topological polar surface area (TPSA) is 84.5 Å². The van der Waals surface area contributed by atoms with Crippen molar-refractivity contribution in [1.29, 1.82) is 0 Å². The van der Waals surface area contributed by atoms with Gasteiger partial charge in [-0.1, -0.05) is 43.3 Å². The number of nitrogens with one attached hydrogen (secondary N) is 2. The molecule has 2 aromatic carbocycles. The fourth-order valence-electron chi connectivity index (χ4n) is 2.46. The van der Waals surface area contributed by atoms with E-state index in [9.17, 15) is 13.2 Å². The summed E-state index contributed by atoms with van der Waals surface area (Å²) in [5.74, 6) is -0.677. The molecule has 26 heavy (non-hydrogen) atoms. The number of methoxy groups -OCH3 is 1. The van der Waals surface area contributed by atoms with E-state index in [0.29, 0.717) is 24.4 Å². The summed E-state index contributed by atoms with van der Waals surface area (Å²) in [7, 11) is -2.14. The summed E-state index contributed by atoms with van der Waals surface area (Å²) < 4.78 is 32.1. The lowest BCUT2D eigenvalue weighted by molar-refractivity contribution is -0.123. The molecular weight excluding hydrogens is 352 g/mol. The van der Waals surface area contributed by atoms with Crippen molar-refractivity contribution in [3.63, 3.8) is 0 Å². The SMILES string of the molecule is COc1cccc(NS(=O)(=O)CC(C)C(=O)NCCc2ccccc2)c1. The number of benzene rings is 2. The second-order valence-corrected chi connectivity index (χ2v) is 7.81. The lowest BCUT2D eigenvalue weighted by atomic mass is 10.1. The number of hydrogen-bond acceptors (Lipinski definition) is 4. The van der Waals surface area contributed by atoms with Gasteiger partial charge in [0, 0.05) is 12.6 Å². The van der Waals surface area contributed by atoms with Gasteiger partial charge < -0.3 is 10.1 Å². The molecule has 7 heteroatoms. The number of ether oxygens (including phenoxy) is 1. The van der Waals surface area contributed by atoms with Gasteiger partial charge in [0.05, 0.1) is 24.5 Å². The quantitative estimate of drug-likeness (QED) is 0.704. The fourth-order valence-corrected chi connectivity index (χ4v) is 3.84. The largest absolute Gasteiger partial charge is 0.497 e. The molecule has 0 aliphatic rings. The monoisotopic (exact) mass is 376 g/mol. The highest BCUT2D eigenvalue weighted by Crippen LogP contribution is 2.18. The van der Waals surface area contributed by atoms with E-state index < -0.39 is 15.9 Å². The first-order chi connectivity index (χ1) is 12.4. The Bertz CT molecular complexity index is 822. The van der Waals surface area contributed by atoms with E-state index in [1.54, 1.807) is 31.2 Å². The van der Waals surface area contributed by atoms with Crippen LogP contribution in [0.2, 0.25) is 0 Å².